The normalized spacial score (nSPS) is 15.2. The average Bonchev–Trinajstić information content (AvgIpc) is 2.63. The van der Waals surface area contributed by atoms with Crippen LogP contribution in [0.3, 0.4) is 0 Å². The van der Waals surface area contributed by atoms with Crippen LogP contribution in [0.25, 0.3) is 0 Å². The highest BCUT2D eigenvalue weighted by Crippen LogP contribution is 2.13. The summed E-state index contributed by atoms with van der Waals surface area (Å²) in [6.45, 7) is 12.8. The molecule has 0 aliphatic carbocycles. The molecule has 0 radical (unpaired) electrons. The van der Waals surface area contributed by atoms with E-state index in [0.29, 0.717) is 44.9 Å². The first-order valence-electron chi connectivity index (χ1n) is 10.1. The van der Waals surface area contributed by atoms with Gasteiger partial charge in [-0.3, -0.25) is 0 Å². The van der Waals surface area contributed by atoms with Crippen LogP contribution < -0.4 is 0 Å². The minimum atomic E-state index is -0.0644. The van der Waals surface area contributed by atoms with Gasteiger partial charge in [0.05, 0.1) is 39.6 Å². The Hall–Kier alpha value is -0.200. The Balaban J connectivity index is 4.08. The van der Waals surface area contributed by atoms with Gasteiger partial charge in [-0.1, -0.05) is 53.4 Å². The van der Waals surface area contributed by atoms with Gasteiger partial charge >= 0.3 is 0 Å². The fourth-order valence-corrected chi connectivity index (χ4v) is 2.37. The van der Waals surface area contributed by atoms with Gasteiger partial charge in [0.2, 0.25) is 0 Å². The molecule has 0 bridgehead atoms. The van der Waals surface area contributed by atoms with E-state index in [0.717, 1.165) is 26.1 Å². The standard InChI is InChI=1S/C20H42O5/c1-5-8-9-19(7-3)15-24-17-20(16-23-14-18(4)6-2)25-13-12-22-11-10-21/h18-21H,5-17H2,1-4H3. The summed E-state index contributed by atoms with van der Waals surface area (Å²) in [5.41, 5.74) is 0. The first-order chi connectivity index (χ1) is 12.2. The van der Waals surface area contributed by atoms with E-state index in [9.17, 15) is 0 Å². The summed E-state index contributed by atoms with van der Waals surface area (Å²) in [5, 5.41) is 8.71. The van der Waals surface area contributed by atoms with Crippen LogP contribution in [0.1, 0.15) is 59.8 Å². The zero-order valence-corrected chi connectivity index (χ0v) is 17.0. The maximum atomic E-state index is 8.71. The number of unbranched alkanes of at least 4 members (excludes halogenated alkanes) is 1. The second-order valence-corrected chi connectivity index (χ2v) is 6.83. The maximum Gasteiger partial charge on any atom is 0.104 e. The number of hydrogen-bond acceptors (Lipinski definition) is 5. The number of hydrogen-bond donors (Lipinski definition) is 1. The largest absolute Gasteiger partial charge is 0.394 e. The average molecular weight is 363 g/mol. The van der Waals surface area contributed by atoms with Gasteiger partial charge in [-0.2, -0.15) is 0 Å². The van der Waals surface area contributed by atoms with Gasteiger partial charge in [0.25, 0.3) is 0 Å². The molecule has 5 nitrogen and oxygen atoms in total. The number of ether oxygens (including phenoxy) is 4. The number of aliphatic hydroxyl groups is 1. The molecule has 0 rings (SSSR count). The van der Waals surface area contributed by atoms with Gasteiger partial charge in [0, 0.05) is 13.2 Å². The summed E-state index contributed by atoms with van der Waals surface area (Å²) in [4.78, 5) is 0. The Kier molecular flexibility index (Phi) is 18.4. The summed E-state index contributed by atoms with van der Waals surface area (Å²) in [6.07, 6.45) is 5.95. The molecular formula is C20H42O5. The van der Waals surface area contributed by atoms with E-state index in [4.69, 9.17) is 24.1 Å². The van der Waals surface area contributed by atoms with Crippen molar-refractivity contribution in [2.75, 3.05) is 52.9 Å². The summed E-state index contributed by atoms with van der Waals surface area (Å²) in [6, 6.07) is 0. The zero-order chi connectivity index (χ0) is 18.8. The highest BCUT2D eigenvalue weighted by Gasteiger charge is 2.13. The lowest BCUT2D eigenvalue weighted by Crippen LogP contribution is -2.29. The Morgan fingerprint density at radius 1 is 0.800 bits per heavy atom. The molecule has 0 saturated carbocycles. The first-order valence-corrected chi connectivity index (χ1v) is 10.1. The van der Waals surface area contributed by atoms with E-state index in [-0.39, 0.29) is 12.7 Å². The van der Waals surface area contributed by atoms with Crippen LogP contribution in [-0.2, 0) is 18.9 Å². The molecule has 0 aliphatic heterocycles. The Morgan fingerprint density at radius 3 is 2.12 bits per heavy atom. The molecule has 3 unspecified atom stereocenters. The highest BCUT2D eigenvalue weighted by atomic mass is 16.6. The van der Waals surface area contributed by atoms with Crippen molar-refractivity contribution in [2.45, 2.75) is 65.9 Å². The Morgan fingerprint density at radius 2 is 1.52 bits per heavy atom. The molecule has 152 valence electrons. The molecule has 0 aromatic heterocycles. The zero-order valence-electron chi connectivity index (χ0n) is 17.0. The summed E-state index contributed by atoms with van der Waals surface area (Å²) in [7, 11) is 0. The van der Waals surface area contributed by atoms with Crippen LogP contribution in [0, 0.1) is 11.8 Å². The molecule has 0 amide bonds. The molecule has 3 atom stereocenters. The molecular weight excluding hydrogens is 320 g/mol. The number of rotatable bonds is 19. The monoisotopic (exact) mass is 362 g/mol. The lowest BCUT2D eigenvalue weighted by molar-refractivity contribution is -0.0814. The van der Waals surface area contributed by atoms with Crippen LogP contribution in [0.5, 0.6) is 0 Å². The Bertz CT molecular complexity index is 262. The van der Waals surface area contributed by atoms with Gasteiger partial charge in [0.15, 0.2) is 0 Å². The molecule has 25 heavy (non-hydrogen) atoms. The summed E-state index contributed by atoms with van der Waals surface area (Å²) in [5.74, 6) is 1.20. The van der Waals surface area contributed by atoms with Gasteiger partial charge in [-0.05, 0) is 18.3 Å². The number of aliphatic hydroxyl groups excluding tert-OH is 1. The van der Waals surface area contributed by atoms with Crippen molar-refractivity contribution in [3.8, 4) is 0 Å². The van der Waals surface area contributed by atoms with E-state index in [1.807, 2.05) is 0 Å². The van der Waals surface area contributed by atoms with Gasteiger partial charge in [-0.15, -0.1) is 0 Å². The summed E-state index contributed by atoms with van der Waals surface area (Å²) < 4.78 is 22.8. The van der Waals surface area contributed by atoms with E-state index < -0.39 is 0 Å². The lowest BCUT2D eigenvalue weighted by Gasteiger charge is -2.21. The first kappa shape index (κ1) is 24.8. The summed E-state index contributed by atoms with van der Waals surface area (Å²) >= 11 is 0. The molecule has 1 N–H and O–H groups in total. The van der Waals surface area contributed by atoms with Crippen molar-refractivity contribution in [2.24, 2.45) is 11.8 Å². The van der Waals surface area contributed by atoms with E-state index >= 15 is 0 Å². The Labute approximate surface area is 155 Å². The molecule has 0 spiro atoms. The smallest absolute Gasteiger partial charge is 0.104 e. The van der Waals surface area contributed by atoms with Crippen molar-refractivity contribution in [1.29, 1.82) is 0 Å². The second kappa shape index (κ2) is 18.6. The van der Waals surface area contributed by atoms with Crippen LogP contribution in [-0.4, -0.2) is 64.1 Å². The van der Waals surface area contributed by atoms with Crippen molar-refractivity contribution in [3.63, 3.8) is 0 Å². The van der Waals surface area contributed by atoms with E-state index in [1.165, 1.54) is 19.3 Å². The fraction of sp³-hybridized carbons (Fsp3) is 1.00. The third-order valence-electron chi connectivity index (χ3n) is 4.42. The van der Waals surface area contributed by atoms with Crippen LogP contribution in [0.2, 0.25) is 0 Å². The topological polar surface area (TPSA) is 57.2 Å². The SMILES string of the molecule is CCCCC(CC)COCC(COCC(C)CC)OCCOCCO. The van der Waals surface area contributed by atoms with Crippen LogP contribution in [0.4, 0.5) is 0 Å². The highest BCUT2D eigenvalue weighted by molar-refractivity contribution is 4.60. The van der Waals surface area contributed by atoms with Crippen molar-refractivity contribution in [3.05, 3.63) is 0 Å². The van der Waals surface area contributed by atoms with Crippen LogP contribution >= 0.6 is 0 Å². The fourth-order valence-electron chi connectivity index (χ4n) is 2.37. The van der Waals surface area contributed by atoms with Gasteiger partial charge < -0.3 is 24.1 Å². The molecule has 0 fully saturated rings. The maximum absolute atomic E-state index is 8.71. The second-order valence-electron chi connectivity index (χ2n) is 6.83. The molecule has 0 saturated heterocycles. The van der Waals surface area contributed by atoms with Crippen LogP contribution in [0.15, 0.2) is 0 Å². The predicted molar refractivity (Wildman–Crippen MR) is 102 cm³/mol. The molecule has 0 aliphatic rings. The third-order valence-corrected chi connectivity index (χ3v) is 4.42. The quantitative estimate of drug-likeness (QED) is 0.355. The van der Waals surface area contributed by atoms with Crippen molar-refractivity contribution >= 4 is 0 Å². The lowest BCUT2D eigenvalue weighted by atomic mass is 10.0. The molecule has 0 aromatic carbocycles. The van der Waals surface area contributed by atoms with E-state index in [1.54, 1.807) is 0 Å². The third kappa shape index (κ3) is 15.7. The van der Waals surface area contributed by atoms with E-state index in [2.05, 4.69) is 27.7 Å². The van der Waals surface area contributed by atoms with Gasteiger partial charge in [0.1, 0.15) is 6.10 Å². The van der Waals surface area contributed by atoms with Crippen molar-refractivity contribution < 1.29 is 24.1 Å². The minimum absolute atomic E-state index is 0.0424. The molecule has 0 aromatic rings. The minimum Gasteiger partial charge on any atom is -0.394 e. The molecule has 5 heteroatoms. The predicted octanol–water partition coefficient (Wildman–Crippen LogP) is 3.68. The van der Waals surface area contributed by atoms with Crippen molar-refractivity contribution in [1.82, 2.24) is 0 Å². The molecule has 0 heterocycles. The van der Waals surface area contributed by atoms with Gasteiger partial charge in [-0.25, -0.2) is 0 Å².